The molecule has 5 N–H and O–H groups in total. The van der Waals surface area contributed by atoms with Gasteiger partial charge < -0.3 is 21.4 Å². The fourth-order valence-electron chi connectivity index (χ4n) is 2.28. The van der Waals surface area contributed by atoms with Crippen LogP contribution in [0, 0.1) is 5.21 Å². The Bertz CT molecular complexity index is 542. The van der Waals surface area contributed by atoms with Crippen LogP contribution in [0.15, 0.2) is 18.2 Å². The average molecular weight is 387 g/mol. The van der Waals surface area contributed by atoms with Crippen molar-refractivity contribution in [1.82, 2.24) is 10.5 Å². The number of hydrogen-bond donors (Lipinski definition) is 3. The fraction of sp³-hybridized carbons (Fsp3) is 0.600. The van der Waals surface area contributed by atoms with Gasteiger partial charge in [-0.1, -0.05) is 0 Å². The summed E-state index contributed by atoms with van der Waals surface area (Å²) in [5.74, 6) is 5.16. The molecular formula is C15H21F6N4O-. The molecule has 1 unspecified atom stereocenters. The van der Waals surface area contributed by atoms with Gasteiger partial charge in [0.05, 0.1) is 11.1 Å². The molecule has 0 radical (unpaired) electrons. The summed E-state index contributed by atoms with van der Waals surface area (Å²) < 4.78 is 76.8. The van der Waals surface area contributed by atoms with Gasteiger partial charge in [-0.3, -0.25) is 5.84 Å². The van der Waals surface area contributed by atoms with Crippen molar-refractivity contribution < 1.29 is 26.3 Å². The first-order valence-corrected chi connectivity index (χ1v) is 7.76. The lowest BCUT2D eigenvalue weighted by molar-refractivity contribution is -0.143. The maximum atomic E-state index is 12.8. The highest BCUT2D eigenvalue weighted by Crippen LogP contribution is 2.36. The predicted molar refractivity (Wildman–Crippen MR) is 84.2 cm³/mol. The summed E-state index contributed by atoms with van der Waals surface area (Å²) in [5.41, 5.74) is 2.60. The lowest BCUT2D eigenvalue weighted by atomic mass is 10.0. The molecule has 0 aliphatic rings. The Balaban J connectivity index is 2.85. The average Bonchev–Trinajstić information content (AvgIpc) is 2.48. The van der Waals surface area contributed by atoms with Crippen LogP contribution < -0.4 is 16.9 Å². The van der Waals surface area contributed by atoms with E-state index >= 15 is 0 Å². The molecule has 1 aromatic carbocycles. The molecule has 5 nitrogen and oxygen atoms in total. The number of nitrogens with one attached hydrogen (secondary N) is 1. The second-order valence-electron chi connectivity index (χ2n) is 6.11. The van der Waals surface area contributed by atoms with E-state index in [0.29, 0.717) is 25.0 Å². The van der Waals surface area contributed by atoms with Crippen LogP contribution in [0.4, 0.5) is 26.3 Å². The van der Waals surface area contributed by atoms with Crippen LogP contribution in [0.2, 0.25) is 0 Å². The molecule has 2 atom stereocenters. The molecule has 150 valence electrons. The van der Waals surface area contributed by atoms with Gasteiger partial charge in [0.1, 0.15) is 0 Å². The van der Waals surface area contributed by atoms with Crippen molar-refractivity contribution in [2.45, 2.75) is 50.7 Å². The fourth-order valence-corrected chi connectivity index (χ4v) is 2.28. The lowest BCUT2D eigenvalue weighted by Gasteiger charge is -2.33. The minimum Gasteiger partial charge on any atom is -0.772 e. The van der Waals surface area contributed by atoms with E-state index in [1.165, 1.54) is 0 Å². The third-order valence-electron chi connectivity index (χ3n) is 3.67. The quantitative estimate of drug-likeness (QED) is 0.363. The second kappa shape index (κ2) is 9.00. The molecule has 0 heterocycles. The van der Waals surface area contributed by atoms with E-state index in [9.17, 15) is 31.5 Å². The van der Waals surface area contributed by atoms with E-state index in [0.717, 1.165) is 0 Å². The van der Waals surface area contributed by atoms with Crippen LogP contribution in [-0.2, 0) is 18.9 Å². The summed E-state index contributed by atoms with van der Waals surface area (Å²) >= 11 is 0. The van der Waals surface area contributed by atoms with E-state index < -0.39 is 29.5 Å². The van der Waals surface area contributed by atoms with E-state index in [1.807, 2.05) is 0 Å². The Morgan fingerprint density at radius 3 is 1.92 bits per heavy atom. The summed E-state index contributed by atoms with van der Waals surface area (Å²) in [6.07, 6.45) is -8.98. The number of rotatable bonds is 8. The number of hydrazine groups is 1. The first kappa shape index (κ1) is 22.6. The molecule has 0 saturated heterocycles. The van der Waals surface area contributed by atoms with Crippen molar-refractivity contribution in [3.05, 3.63) is 40.1 Å². The van der Waals surface area contributed by atoms with Crippen LogP contribution in [0.5, 0.6) is 0 Å². The Hall–Kier alpha value is -1.40. The van der Waals surface area contributed by atoms with Crippen LogP contribution in [0.25, 0.3) is 0 Å². The molecule has 0 spiro atoms. The largest absolute Gasteiger partial charge is 0.772 e. The smallest absolute Gasteiger partial charge is 0.416 e. The van der Waals surface area contributed by atoms with E-state index in [-0.39, 0.29) is 35.9 Å². The summed E-state index contributed by atoms with van der Waals surface area (Å²) in [5, 5.41) is 14.2. The first-order chi connectivity index (χ1) is 11.8. The topological polar surface area (TPSA) is 90.4 Å². The summed E-state index contributed by atoms with van der Waals surface area (Å²) in [6.45, 7) is 1.44. The maximum absolute atomic E-state index is 12.8. The number of alkyl halides is 6. The third kappa shape index (κ3) is 7.46. The van der Waals surface area contributed by atoms with Gasteiger partial charge in [0.15, 0.2) is 0 Å². The lowest BCUT2D eigenvalue weighted by Crippen LogP contribution is -2.43. The second-order valence-corrected chi connectivity index (χ2v) is 6.11. The zero-order valence-corrected chi connectivity index (χ0v) is 14.0. The zero-order chi connectivity index (χ0) is 20.1. The molecule has 0 aliphatic heterocycles. The molecular weight excluding hydrogens is 366 g/mol. The van der Waals surface area contributed by atoms with Gasteiger partial charge in [0.2, 0.25) is 0 Å². The Kier molecular flexibility index (Phi) is 7.84. The molecule has 0 aliphatic carbocycles. The standard InChI is InChI=1S/C15H21F6N4O/c1-9(22)2-3-13(25(23)26)8-24-7-10-4-11(14(16,17)18)6-12(5-10)15(19,20)21/h4-6,9,13,24H,2-3,7-8,22-23H2,1H3/q-1/t9?,13-/m0/s1. The minimum atomic E-state index is -4.90. The Morgan fingerprint density at radius 2 is 1.54 bits per heavy atom. The highest BCUT2D eigenvalue weighted by molar-refractivity contribution is 5.33. The third-order valence-corrected chi connectivity index (χ3v) is 3.67. The Labute approximate surface area is 146 Å². The number of hydrogen-bond acceptors (Lipinski definition) is 5. The highest BCUT2D eigenvalue weighted by Gasteiger charge is 2.36. The van der Waals surface area contributed by atoms with Crippen molar-refractivity contribution >= 4 is 0 Å². The molecule has 26 heavy (non-hydrogen) atoms. The first-order valence-electron chi connectivity index (χ1n) is 7.76. The van der Waals surface area contributed by atoms with Gasteiger partial charge in [-0.15, -0.1) is 0 Å². The van der Waals surface area contributed by atoms with Gasteiger partial charge in [0, 0.05) is 25.2 Å². The van der Waals surface area contributed by atoms with Crippen molar-refractivity contribution in [3.8, 4) is 0 Å². The number of halogens is 6. The van der Waals surface area contributed by atoms with Crippen LogP contribution in [-0.4, -0.2) is 23.8 Å². The zero-order valence-electron chi connectivity index (χ0n) is 14.0. The monoisotopic (exact) mass is 387 g/mol. The van der Waals surface area contributed by atoms with E-state index in [1.54, 1.807) is 6.92 Å². The van der Waals surface area contributed by atoms with E-state index in [2.05, 4.69) is 5.32 Å². The SMILES string of the molecule is CC(N)CC[C@@H](CNCc1cc(C(F)(F)F)cc(C(F)(F)F)c1)N(N)[O-]. The van der Waals surface area contributed by atoms with Crippen LogP contribution >= 0.6 is 0 Å². The minimum absolute atomic E-state index is 0.00961. The molecule has 0 amide bonds. The van der Waals surface area contributed by atoms with Crippen molar-refractivity contribution in [2.24, 2.45) is 11.6 Å². The van der Waals surface area contributed by atoms with Crippen LogP contribution in [0.1, 0.15) is 36.5 Å². The van der Waals surface area contributed by atoms with Crippen molar-refractivity contribution in [1.29, 1.82) is 0 Å². The molecule has 1 aromatic rings. The number of nitrogens with zero attached hydrogens (tertiary/aromatic N) is 1. The number of nitrogens with two attached hydrogens (primary N) is 2. The van der Waals surface area contributed by atoms with Crippen molar-refractivity contribution in [2.75, 3.05) is 6.54 Å². The number of benzene rings is 1. The van der Waals surface area contributed by atoms with Gasteiger partial charge in [-0.05, 0) is 43.5 Å². The molecule has 11 heteroatoms. The predicted octanol–water partition coefficient (Wildman–Crippen LogP) is 2.98. The molecule has 0 saturated carbocycles. The summed E-state index contributed by atoms with van der Waals surface area (Å²) in [4.78, 5) is 0. The Morgan fingerprint density at radius 1 is 1.04 bits per heavy atom. The molecule has 0 fully saturated rings. The maximum Gasteiger partial charge on any atom is 0.416 e. The van der Waals surface area contributed by atoms with Crippen molar-refractivity contribution in [3.63, 3.8) is 0 Å². The van der Waals surface area contributed by atoms with Gasteiger partial charge >= 0.3 is 12.4 Å². The van der Waals surface area contributed by atoms with E-state index in [4.69, 9.17) is 11.6 Å². The molecule has 1 rings (SSSR count). The van der Waals surface area contributed by atoms with Gasteiger partial charge in [-0.25, -0.2) is 0 Å². The molecule has 0 bridgehead atoms. The normalized spacial score (nSPS) is 15.3. The highest BCUT2D eigenvalue weighted by atomic mass is 19.4. The summed E-state index contributed by atoms with van der Waals surface area (Å²) in [6, 6.07) is 0.464. The van der Waals surface area contributed by atoms with Gasteiger partial charge in [0.25, 0.3) is 0 Å². The number of hydroxylamine groups is 1. The van der Waals surface area contributed by atoms with Gasteiger partial charge in [-0.2, -0.15) is 26.3 Å². The van der Waals surface area contributed by atoms with Crippen LogP contribution in [0.3, 0.4) is 0 Å². The molecule has 0 aromatic heterocycles. The summed E-state index contributed by atoms with van der Waals surface area (Å²) in [7, 11) is 0.